The lowest BCUT2D eigenvalue weighted by atomic mass is 9.87. The molecular formula is C14H26O4S. The Bertz CT molecular complexity index is 403. The molecule has 0 heterocycles. The average molecular weight is 290 g/mol. The molecule has 0 atom stereocenters. The molecule has 112 valence electrons. The Kier molecular flexibility index (Phi) is 5.42. The minimum absolute atomic E-state index is 0.0332. The van der Waals surface area contributed by atoms with Gasteiger partial charge in [-0.05, 0) is 51.9 Å². The van der Waals surface area contributed by atoms with Gasteiger partial charge < -0.3 is 4.74 Å². The van der Waals surface area contributed by atoms with Crippen LogP contribution in [0.1, 0.15) is 52.9 Å². The summed E-state index contributed by atoms with van der Waals surface area (Å²) in [5.74, 6) is 0.347. The van der Waals surface area contributed by atoms with Gasteiger partial charge in [0.2, 0.25) is 0 Å². The molecule has 0 spiro atoms. The molecule has 19 heavy (non-hydrogen) atoms. The van der Waals surface area contributed by atoms with Crippen LogP contribution in [0, 0.1) is 11.3 Å². The number of rotatable bonds is 5. The van der Waals surface area contributed by atoms with Gasteiger partial charge in [0.1, 0.15) is 15.9 Å². The molecule has 1 saturated carbocycles. The third kappa shape index (κ3) is 5.51. The van der Waals surface area contributed by atoms with Crippen molar-refractivity contribution >= 4 is 15.8 Å². The van der Waals surface area contributed by atoms with Gasteiger partial charge in [-0.1, -0.05) is 6.92 Å². The highest BCUT2D eigenvalue weighted by Gasteiger charge is 2.31. The smallest absolute Gasteiger partial charge is 0.311 e. The first kappa shape index (κ1) is 16.5. The summed E-state index contributed by atoms with van der Waals surface area (Å²) in [7, 11) is -2.90. The highest BCUT2D eigenvalue weighted by atomic mass is 32.2. The molecule has 4 nitrogen and oxygen atoms in total. The zero-order valence-corrected chi connectivity index (χ0v) is 13.3. The maximum absolute atomic E-state index is 12.0. The van der Waals surface area contributed by atoms with Crippen molar-refractivity contribution in [2.45, 2.75) is 59.0 Å². The van der Waals surface area contributed by atoms with E-state index in [1.54, 1.807) is 0 Å². The van der Waals surface area contributed by atoms with Gasteiger partial charge in [0, 0.05) is 6.26 Å². The Morgan fingerprint density at radius 2 is 1.74 bits per heavy atom. The normalized spacial score (nSPS) is 25.1. The molecule has 1 aliphatic rings. The van der Waals surface area contributed by atoms with E-state index in [1.807, 2.05) is 20.8 Å². The van der Waals surface area contributed by atoms with Crippen LogP contribution in [-0.4, -0.2) is 32.5 Å². The topological polar surface area (TPSA) is 60.4 Å². The molecule has 0 amide bonds. The van der Waals surface area contributed by atoms with Crippen molar-refractivity contribution in [1.29, 1.82) is 0 Å². The van der Waals surface area contributed by atoms with E-state index >= 15 is 0 Å². The number of carbonyl (C=O) groups is 1. The second kappa shape index (κ2) is 6.25. The average Bonchev–Trinajstić information content (AvgIpc) is 2.29. The molecule has 0 unspecified atom stereocenters. The van der Waals surface area contributed by atoms with Crippen LogP contribution in [0.3, 0.4) is 0 Å². The number of hydrogen-bond acceptors (Lipinski definition) is 4. The van der Waals surface area contributed by atoms with E-state index in [-0.39, 0.29) is 23.7 Å². The summed E-state index contributed by atoms with van der Waals surface area (Å²) < 4.78 is 28.0. The van der Waals surface area contributed by atoms with E-state index in [1.165, 1.54) is 6.26 Å². The van der Waals surface area contributed by atoms with Crippen molar-refractivity contribution in [3.8, 4) is 0 Å². The lowest BCUT2D eigenvalue weighted by Crippen LogP contribution is -2.33. The van der Waals surface area contributed by atoms with Crippen LogP contribution in [0.2, 0.25) is 0 Å². The molecule has 0 aromatic heterocycles. The summed E-state index contributed by atoms with van der Waals surface area (Å²) in [6.45, 7) is 5.76. The first-order valence-electron chi connectivity index (χ1n) is 7.03. The maximum Gasteiger partial charge on any atom is 0.311 e. The molecule has 0 bridgehead atoms. The fourth-order valence-electron chi connectivity index (χ4n) is 2.30. The van der Waals surface area contributed by atoms with E-state index in [2.05, 4.69) is 0 Å². The largest absolute Gasteiger partial charge is 0.462 e. The van der Waals surface area contributed by atoms with E-state index < -0.39 is 15.3 Å². The van der Waals surface area contributed by atoms with Crippen LogP contribution in [0.5, 0.6) is 0 Å². The monoisotopic (exact) mass is 290 g/mol. The quantitative estimate of drug-likeness (QED) is 0.730. The third-order valence-corrected chi connectivity index (χ3v) is 5.12. The summed E-state index contributed by atoms with van der Waals surface area (Å²) in [6, 6.07) is 0. The van der Waals surface area contributed by atoms with Crippen molar-refractivity contribution < 1.29 is 17.9 Å². The van der Waals surface area contributed by atoms with Crippen LogP contribution < -0.4 is 0 Å². The van der Waals surface area contributed by atoms with Crippen molar-refractivity contribution in [2.24, 2.45) is 11.3 Å². The molecule has 1 aliphatic carbocycles. The second-order valence-electron chi connectivity index (χ2n) is 6.38. The summed E-state index contributed by atoms with van der Waals surface area (Å²) in [5.41, 5.74) is -0.427. The Morgan fingerprint density at radius 3 is 2.16 bits per heavy atom. The van der Waals surface area contributed by atoms with Gasteiger partial charge in [-0.25, -0.2) is 8.42 Å². The fourth-order valence-corrected chi connectivity index (χ4v) is 3.49. The molecule has 0 aromatic rings. The first-order valence-corrected chi connectivity index (χ1v) is 9.09. The standard InChI is InChI=1S/C14H26O4S/c1-5-14(2,3)13(15)18-12-8-6-11(7-9-12)10-19(4,16)17/h11-12H,5-10H2,1-4H3. The molecule has 1 fully saturated rings. The molecule has 0 aliphatic heterocycles. The van der Waals surface area contributed by atoms with Crippen molar-refractivity contribution in [3.05, 3.63) is 0 Å². The number of sulfone groups is 1. The SMILES string of the molecule is CCC(C)(C)C(=O)OC1CCC(CS(C)(=O)=O)CC1. The van der Waals surface area contributed by atoms with Crippen molar-refractivity contribution in [1.82, 2.24) is 0 Å². The molecule has 0 saturated heterocycles. The first-order chi connectivity index (χ1) is 8.64. The predicted octanol–water partition coefficient (Wildman–Crippen LogP) is 2.57. The van der Waals surface area contributed by atoms with Gasteiger partial charge in [0.25, 0.3) is 0 Å². The van der Waals surface area contributed by atoms with Crippen LogP contribution in [-0.2, 0) is 19.4 Å². The maximum atomic E-state index is 12.0. The predicted molar refractivity (Wildman–Crippen MR) is 75.6 cm³/mol. The highest BCUT2D eigenvalue weighted by Crippen LogP contribution is 2.30. The van der Waals surface area contributed by atoms with Gasteiger partial charge in [-0.3, -0.25) is 4.79 Å². The minimum atomic E-state index is -2.90. The summed E-state index contributed by atoms with van der Waals surface area (Å²) in [4.78, 5) is 12.0. The fraction of sp³-hybridized carbons (Fsp3) is 0.929. The van der Waals surface area contributed by atoms with Crippen LogP contribution in [0.25, 0.3) is 0 Å². The molecule has 1 rings (SSSR count). The van der Waals surface area contributed by atoms with Crippen molar-refractivity contribution in [2.75, 3.05) is 12.0 Å². The second-order valence-corrected chi connectivity index (χ2v) is 8.56. The van der Waals surface area contributed by atoms with Gasteiger partial charge in [0.15, 0.2) is 0 Å². The molecule has 0 aromatic carbocycles. The number of carbonyl (C=O) groups excluding carboxylic acids is 1. The van der Waals surface area contributed by atoms with E-state index in [0.29, 0.717) is 0 Å². The van der Waals surface area contributed by atoms with Crippen LogP contribution in [0.15, 0.2) is 0 Å². The highest BCUT2D eigenvalue weighted by molar-refractivity contribution is 7.90. The number of hydrogen-bond donors (Lipinski definition) is 0. The van der Waals surface area contributed by atoms with Crippen LogP contribution >= 0.6 is 0 Å². The Balaban J connectivity index is 2.41. The lowest BCUT2D eigenvalue weighted by molar-refractivity contribution is -0.161. The molecule has 0 radical (unpaired) electrons. The van der Waals surface area contributed by atoms with Crippen LogP contribution in [0.4, 0.5) is 0 Å². The van der Waals surface area contributed by atoms with E-state index in [0.717, 1.165) is 32.1 Å². The van der Waals surface area contributed by atoms with E-state index in [4.69, 9.17) is 4.74 Å². The zero-order valence-electron chi connectivity index (χ0n) is 12.4. The van der Waals surface area contributed by atoms with Gasteiger partial charge in [-0.2, -0.15) is 0 Å². The van der Waals surface area contributed by atoms with Gasteiger partial charge >= 0.3 is 5.97 Å². The van der Waals surface area contributed by atoms with Crippen molar-refractivity contribution in [3.63, 3.8) is 0 Å². The zero-order chi connectivity index (χ0) is 14.7. The number of esters is 1. The van der Waals surface area contributed by atoms with Gasteiger partial charge in [-0.15, -0.1) is 0 Å². The Labute approximate surface area is 116 Å². The Morgan fingerprint density at radius 1 is 1.21 bits per heavy atom. The summed E-state index contributed by atoms with van der Waals surface area (Å²) in [6.07, 6.45) is 5.24. The van der Waals surface area contributed by atoms with Gasteiger partial charge in [0.05, 0.1) is 11.2 Å². The van der Waals surface area contributed by atoms with E-state index in [9.17, 15) is 13.2 Å². The lowest BCUT2D eigenvalue weighted by Gasteiger charge is -2.30. The molecule has 5 heteroatoms. The summed E-state index contributed by atoms with van der Waals surface area (Å²) in [5, 5.41) is 0. The minimum Gasteiger partial charge on any atom is -0.462 e. The Hall–Kier alpha value is -0.580. The molecular weight excluding hydrogens is 264 g/mol. The summed E-state index contributed by atoms with van der Waals surface area (Å²) >= 11 is 0. The number of ether oxygens (including phenoxy) is 1. The molecule has 0 N–H and O–H groups in total. The third-order valence-electron chi connectivity index (χ3n) is 4.04.